The van der Waals surface area contributed by atoms with Crippen molar-refractivity contribution in [3.63, 3.8) is 0 Å². The van der Waals surface area contributed by atoms with Gasteiger partial charge in [0.2, 0.25) is 0 Å². The minimum Gasteiger partial charge on any atom is -0.397 e. The third-order valence-corrected chi connectivity index (χ3v) is 2.58. The van der Waals surface area contributed by atoms with E-state index in [0.29, 0.717) is 12.2 Å². The van der Waals surface area contributed by atoms with E-state index in [9.17, 15) is 4.79 Å². The molecule has 0 aromatic carbocycles. The molecule has 0 saturated carbocycles. The van der Waals surface area contributed by atoms with Gasteiger partial charge in [-0.2, -0.15) is 0 Å². The molecule has 0 unspecified atom stereocenters. The minimum absolute atomic E-state index is 0.132. The van der Waals surface area contributed by atoms with Gasteiger partial charge in [-0.25, -0.2) is 4.98 Å². The summed E-state index contributed by atoms with van der Waals surface area (Å²) in [4.78, 5) is 19.7. The molecule has 0 radical (unpaired) electrons. The number of pyridine rings is 2. The SMILES string of the molecule is Nc1cnc(Cl)c(C(=O)NCc2cccnc2)c1. The normalized spacial score (nSPS) is 10.1. The van der Waals surface area contributed by atoms with Crippen molar-refractivity contribution in [1.29, 1.82) is 0 Å². The number of nitrogens with one attached hydrogen (secondary N) is 1. The molecule has 18 heavy (non-hydrogen) atoms. The van der Waals surface area contributed by atoms with Crippen molar-refractivity contribution in [2.75, 3.05) is 5.73 Å². The summed E-state index contributed by atoms with van der Waals surface area (Å²) in [5.41, 5.74) is 7.12. The summed E-state index contributed by atoms with van der Waals surface area (Å²) in [6, 6.07) is 5.16. The zero-order valence-electron chi connectivity index (χ0n) is 9.43. The summed E-state index contributed by atoms with van der Waals surface area (Å²) in [5.74, 6) is -0.316. The van der Waals surface area contributed by atoms with Gasteiger partial charge in [-0.05, 0) is 17.7 Å². The van der Waals surface area contributed by atoms with Crippen LogP contribution in [0, 0.1) is 0 Å². The molecule has 2 aromatic heterocycles. The lowest BCUT2D eigenvalue weighted by atomic mass is 10.2. The zero-order chi connectivity index (χ0) is 13.0. The monoisotopic (exact) mass is 262 g/mol. The Labute approximate surface area is 109 Å². The van der Waals surface area contributed by atoms with Crippen LogP contribution in [-0.2, 0) is 6.54 Å². The Morgan fingerprint density at radius 1 is 1.44 bits per heavy atom. The van der Waals surface area contributed by atoms with E-state index in [-0.39, 0.29) is 16.6 Å². The molecule has 6 heteroatoms. The Morgan fingerprint density at radius 3 is 3.00 bits per heavy atom. The van der Waals surface area contributed by atoms with E-state index in [1.54, 1.807) is 18.5 Å². The molecular weight excluding hydrogens is 252 g/mol. The van der Waals surface area contributed by atoms with Crippen LogP contribution in [-0.4, -0.2) is 15.9 Å². The van der Waals surface area contributed by atoms with Crippen molar-refractivity contribution in [3.05, 3.63) is 53.1 Å². The molecule has 0 fully saturated rings. The first-order valence-corrected chi connectivity index (χ1v) is 5.63. The van der Waals surface area contributed by atoms with Gasteiger partial charge in [-0.1, -0.05) is 17.7 Å². The van der Waals surface area contributed by atoms with Gasteiger partial charge in [0.1, 0.15) is 5.15 Å². The second kappa shape index (κ2) is 5.46. The lowest BCUT2D eigenvalue weighted by Crippen LogP contribution is -2.23. The van der Waals surface area contributed by atoms with Crippen molar-refractivity contribution in [2.45, 2.75) is 6.54 Å². The Morgan fingerprint density at radius 2 is 2.28 bits per heavy atom. The number of nitrogen functional groups attached to an aromatic ring is 1. The highest BCUT2D eigenvalue weighted by molar-refractivity contribution is 6.32. The molecule has 3 N–H and O–H groups in total. The van der Waals surface area contributed by atoms with E-state index in [0.717, 1.165) is 5.56 Å². The first-order valence-electron chi connectivity index (χ1n) is 5.25. The second-order valence-electron chi connectivity index (χ2n) is 3.65. The number of nitrogens with zero attached hydrogens (tertiary/aromatic N) is 2. The smallest absolute Gasteiger partial charge is 0.254 e. The highest BCUT2D eigenvalue weighted by Gasteiger charge is 2.11. The van der Waals surface area contributed by atoms with Crippen molar-refractivity contribution < 1.29 is 4.79 Å². The maximum Gasteiger partial charge on any atom is 0.254 e. The van der Waals surface area contributed by atoms with Crippen LogP contribution in [0.15, 0.2) is 36.8 Å². The average Bonchev–Trinajstić information content (AvgIpc) is 2.40. The van der Waals surface area contributed by atoms with Gasteiger partial charge in [0, 0.05) is 18.9 Å². The number of amides is 1. The standard InChI is InChI=1S/C12H11ClN4O/c13-11-10(4-9(14)7-16-11)12(18)17-6-8-2-1-3-15-5-8/h1-5,7H,6,14H2,(H,17,18). The Bertz CT molecular complexity index is 559. The van der Waals surface area contributed by atoms with Gasteiger partial charge >= 0.3 is 0 Å². The van der Waals surface area contributed by atoms with E-state index >= 15 is 0 Å². The van der Waals surface area contributed by atoms with Crippen LogP contribution in [0.3, 0.4) is 0 Å². The number of rotatable bonds is 3. The van der Waals surface area contributed by atoms with E-state index in [4.69, 9.17) is 17.3 Å². The highest BCUT2D eigenvalue weighted by Crippen LogP contribution is 2.15. The number of hydrogen-bond acceptors (Lipinski definition) is 4. The fourth-order valence-electron chi connectivity index (χ4n) is 1.40. The molecule has 2 aromatic rings. The van der Waals surface area contributed by atoms with Crippen LogP contribution >= 0.6 is 11.6 Å². The summed E-state index contributed by atoms with van der Waals surface area (Å²) in [6.45, 7) is 0.373. The zero-order valence-corrected chi connectivity index (χ0v) is 10.2. The highest BCUT2D eigenvalue weighted by atomic mass is 35.5. The van der Waals surface area contributed by atoms with Crippen LogP contribution < -0.4 is 11.1 Å². The lowest BCUT2D eigenvalue weighted by Gasteiger charge is -2.06. The molecule has 0 spiro atoms. The first kappa shape index (κ1) is 12.3. The molecule has 0 saturated heterocycles. The van der Waals surface area contributed by atoms with Crippen molar-refractivity contribution >= 4 is 23.2 Å². The summed E-state index contributed by atoms with van der Waals surface area (Å²) in [6.07, 6.45) is 4.75. The van der Waals surface area contributed by atoms with Gasteiger partial charge < -0.3 is 11.1 Å². The molecule has 92 valence electrons. The fourth-order valence-corrected chi connectivity index (χ4v) is 1.59. The molecule has 0 aliphatic heterocycles. The molecule has 2 rings (SSSR count). The second-order valence-corrected chi connectivity index (χ2v) is 4.01. The molecule has 0 aliphatic rings. The molecule has 5 nitrogen and oxygen atoms in total. The van der Waals surface area contributed by atoms with Crippen molar-refractivity contribution in [3.8, 4) is 0 Å². The molecule has 1 amide bonds. The van der Waals surface area contributed by atoms with E-state index in [1.165, 1.54) is 12.3 Å². The molecular formula is C12H11ClN4O. The predicted octanol–water partition coefficient (Wildman–Crippen LogP) is 1.64. The van der Waals surface area contributed by atoms with Crippen LogP contribution in [0.4, 0.5) is 5.69 Å². The number of carbonyl (C=O) groups is 1. The minimum atomic E-state index is -0.316. The lowest BCUT2D eigenvalue weighted by molar-refractivity contribution is 0.0950. The summed E-state index contributed by atoms with van der Waals surface area (Å²) < 4.78 is 0. The van der Waals surface area contributed by atoms with Crippen molar-refractivity contribution in [1.82, 2.24) is 15.3 Å². The average molecular weight is 263 g/mol. The molecule has 0 atom stereocenters. The van der Waals surface area contributed by atoms with Crippen molar-refractivity contribution in [2.24, 2.45) is 0 Å². The predicted molar refractivity (Wildman–Crippen MR) is 69.1 cm³/mol. The van der Waals surface area contributed by atoms with Gasteiger partial charge in [0.05, 0.1) is 17.4 Å². The topological polar surface area (TPSA) is 80.9 Å². The third kappa shape index (κ3) is 2.95. The Kier molecular flexibility index (Phi) is 3.74. The number of anilines is 1. The maximum atomic E-state index is 11.9. The van der Waals surface area contributed by atoms with E-state index < -0.39 is 0 Å². The quantitative estimate of drug-likeness (QED) is 0.824. The maximum absolute atomic E-state index is 11.9. The number of carbonyl (C=O) groups excluding carboxylic acids is 1. The number of hydrogen-bond donors (Lipinski definition) is 2. The molecule has 2 heterocycles. The van der Waals surface area contributed by atoms with Crippen LogP contribution in [0.25, 0.3) is 0 Å². The number of nitrogens with two attached hydrogens (primary N) is 1. The van der Waals surface area contributed by atoms with Gasteiger partial charge in [-0.15, -0.1) is 0 Å². The Balaban J connectivity index is 2.06. The van der Waals surface area contributed by atoms with Crippen LogP contribution in [0.1, 0.15) is 15.9 Å². The summed E-state index contributed by atoms with van der Waals surface area (Å²) in [5, 5.41) is 2.86. The first-order chi connectivity index (χ1) is 8.66. The molecule has 0 bridgehead atoms. The van der Waals surface area contributed by atoms with Crippen LogP contribution in [0.2, 0.25) is 5.15 Å². The fraction of sp³-hybridized carbons (Fsp3) is 0.0833. The van der Waals surface area contributed by atoms with Gasteiger partial charge in [0.25, 0.3) is 5.91 Å². The van der Waals surface area contributed by atoms with Crippen LogP contribution in [0.5, 0.6) is 0 Å². The summed E-state index contributed by atoms with van der Waals surface area (Å²) >= 11 is 5.83. The number of halogens is 1. The van der Waals surface area contributed by atoms with Gasteiger partial charge in [-0.3, -0.25) is 9.78 Å². The number of aromatic nitrogens is 2. The van der Waals surface area contributed by atoms with E-state index in [1.807, 2.05) is 6.07 Å². The van der Waals surface area contributed by atoms with Gasteiger partial charge in [0.15, 0.2) is 0 Å². The Hall–Kier alpha value is -2.14. The largest absolute Gasteiger partial charge is 0.397 e. The van der Waals surface area contributed by atoms with E-state index in [2.05, 4.69) is 15.3 Å². The third-order valence-electron chi connectivity index (χ3n) is 2.28. The molecule has 0 aliphatic carbocycles. The summed E-state index contributed by atoms with van der Waals surface area (Å²) in [7, 11) is 0.